The molecule has 1 atom stereocenters. The average Bonchev–Trinajstić information content (AvgIpc) is 3.35. The van der Waals surface area contributed by atoms with Crippen molar-refractivity contribution < 1.29 is 9.18 Å². The number of hydrogen-bond donors (Lipinski definition) is 1. The number of nitrogens with one attached hydrogen (secondary N) is 1. The van der Waals surface area contributed by atoms with Crippen molar-refractivity contribution in [2.75, 3.05) is 24.5 Å². The lowest BCUT2D eigenvalue weighted by atomic mass is 10.1. The molecule has 3 aromatic rings. The molecular weight excluding hydrogens is 403 g/mol. The van der Waals surface area contributed by atoms with Gasteiger partial charge in [-0.1, -0.05) is 17.7 Å². The highest BCUT2D eigenvalue weighted by Crippen LogP contribution is 2.29. The second-order valence-electron chi connectivity index (χ2n) is 7.77. The van der Waals surface area contributed by atoms with Gasteiger partial charge >= 0.3 is 0 Å². The first kappa shape index (κ1) is 20.4. The van der Waals surface area contributed by atoms with E-state index in [4.69, 9.17) is 11.6 Å². The Morgan fingerprint density at radius 2 is 2.00 bits per heavy atom. The highest BCUT2D eigenvalue weighted by Gasteiger charge is 2.25. The topological polar surface area (TPSA) is 50.2 Å². The van der Waals surface area contributed by atoms with Gasteiger partial charge in [-0.25, -0.2) is 9.07 Å². The lowest BCUT2D eigenvalue weighted by Gasteiger charge is -2.21. The minimum atomic E-state index is -0.305. The van der Waals surface area contributed by atoms with Crippen molar-refractivity contribution >= 4 is 23.2 Å². The molecule has 0 spiro atoms. The van der Waals surface area contributed by atoms with Crippen molar-refractivity contribution in [3.8, 4) is 5.69 Å². The van der Waals surface area contributed by atoms with Gasteiger partial charge in [-0.3, -0.25) is 4.79 Å². The first-order valence-corrected chi connectivity index (χ1v) is 10.4. The van der Waals surface area contributed by atoms with Gasteiger partial charge in [-0.2, -0.15) is 5.10 Å². The number of carbonyl (C=O) groups excluding carboxylic acids is 1. The van der Waals surface area contributed by atoms with Crippen LogP contribution in [0.2, 0.25) is 5.02 Å². The van der Waals surface area contributed by atoms with Crippen LogP contribution in [0.15, 0.2) is 48.7 Å². The summed E-state index contributed by atoms with van der Waals surface area (Å²) < 4.78 is 14.8. The largest absolute Gasteiger partial charge is 0.371 e. The van der Waals surface area contributed by atoms with E-state index in [1.807, 2.05) is 25.1 Å². The molecule has 0 bridgehead atoms. The molecule has 2 heterocycles. The number of aromatic nitrogens is 2. The fourth-order valence-electron chi connectivity index (χ4n) is 3.95. The van der Waals surface area contributed by atoms with E-state index in [9.17, 15) is 9.18 Å². The van der Waals surface area contributed by atoms with Gasteiger partial charge < -0.3 is 10.2 Å². The summed E-state index contributed by atoms with van der Waals surface area (Å²) in [5.74, 6) is -0.0712. The van der Waals surface area contributed by atoms with Gasteiger partial charge in [-0.05, 0) is 68.1 Å². The summed E-state index contributed by atoms with van der Waals surface area (Å²) >= 11 is 6.16. The quantitative estimate of drug-likeness (QED) is 0.651. The molecule has 30 heavy (non-hydrogen) atoms. The molecule has 1 amide bonds. The van der Waals surface area contributed by atoms with Crippen LogP contribution >= 0.6 is 11.6 Å². The zero-order chi connectivity index (χ0) is 21.3. The molecule has 1 saturated heterocycles. The SMILES string of the molecule is Cc1ccc(Cl)cc1N1CCC(CNC(=O)c2cnn(-c3ccc(F)cc3)c2C)C1. The zero-order valence-corrected chi connectivity index (χ0v) is 17.8. The third kappa shape index (κ3) is 4.19. The molecule has 1 fully saturated rings. The lowest BCUT2D eigenvalue weighted by molar-refractivity contribution is 0.0947. The monoisotopic (exact) mass is 426 g/mol. The predicted octanol–water partition coefficient (Wildman–Crippen LogP) is 4.54. The fraction of sp³-hybridized carbons (Fsp3) is 0.304. The zero-order valence-electron chi connectivity index (χ0n) is 17.0. The maximum atomic E-state index is 13.2. The number of benzene rings is 2. The number of halogens is 2. The van der Waals surface area contributed by atoms with Crippen LogP contribution in [0.1, 0.15) is 28.0 Å². The molecule has 5 nitrogen and oxygen atoms in total. The highest BCUT2D eigenvalue weighted by molar-refractivity contribution is 6.30. The summed E-state index contributed by atoms with van der Waals surface area (Å²) in [6.45, 7) is 6.36. The van der Waals surface area contributed by atoms with Crippen molar-refractivity contribution in [2.24, 2.45) is 5.92 Å². The van der Waals surface area contributed by atoms with Crippen molar-refractivity contribution in [3.63, 3.8) is 0 Å². The van der Waals surface area contributed by atoms with Crippen molar-refractivity contribution in [3.05, 3.63) is 76.3 Å². The normalized spacial score (nSPS) is 16.1. The number of hydrogen-bond acceptors (Lipinski definition) is 3. The van der Waals surface area contributed by atoms with E-state index in [1.54, 1.807) is 23.0 Å². The number of carbonyl (C=O) groups is 1. The Balaban J connectivity index is 1.37. The van der Waals surface area contributed by atoms with E-state index in [1.165, 1.54) is 17.7 Å². The van der Waals surface area contributed by atoms with E-state index in [-0.39, 0.29) is 11.7 Å². The number of nitrogens with zero attached hydrogens (tertiary/aromatic N) is 3. The molecule has 4 rings (SSSR count). The highest BCUT2D eigenvalue weighted by atomic mass is 35.5. The smallest absolute Gasteiger partial charge is 0.254 e. The van der Waals surface area contributed by atoms with Crippen LogP contribution in [0.3, 0.4) is 0 Å². The van der Waals surface area contributed by atoms with Crippen LogP contribution in [-0.4, -0.2) is 35.3 Å². The van der Waals surface area contributed by atoms with E-state index < -0.39 is 0 Å². The van der Waals surface area contributed by atoms with Crippen LogP contribution in [0, 0.1) is 25.6 Å². The summed E-state index contributed by atoms with van der Waals surface area (Å²) in [6.07, 6.45) is 2.57. The molecule has 1 aliphatic heterocycles. The molecule has 156 valence electrons. The minimum Gasteiger partial charge on any atom is -0.371 e. The number of rotatable bonds is 5. The van der Waals surface area contributed by atoms with Gasteiger partial charge in [0.15, 0.2) is 0 Å². The van der Waals surface area contributed by atoms with E-state index in [2.05, 4.69) is 22.2 Å². The van der Waals surface area contributed by atoms with Gasteiger partial charge in [0, 0.05) is 30.3 Å². The van der Waals surface area contributed by atoms with Gasteiger partial charge in [0.1, 0.15) is 5.82 Å². The average molecular weight is 427 g/mol. The summed E-state index contributed by atoms with van der Waals surface area (Å²) in [5.41, 5.74) is 4.33. The summed E-state index contributed by atoms with van der Waals surface area (Å²) in [7, 11) is 0. The molecule has 1 N–H and O–H groups in total. The Hall–Kier alpha value is -2.86. The van der Waals surface area contributed by atoms with Crippen molar-refractivity contribution in [1.82, 2.24) is 15.1 Å². The van der Waals surface area contributed by atoms with Crippen LogP contribution in [0.5, 0.6) is 0 Å². The lowest BCUT2D eigenvalue weighted by Crippen LogP contribution is -2.31. The second-order valence-corrected chi connectivity index (χ2v) is 8.21. The first-order chi connectivity index (χ1) is 14.4. The van der Waals surface area contributed by atoms with Crippen LogP contribution in [0.25, 0.3) is 5.69 Å². The van der Waals surface area contributed by atoms with Gasteiger partial charge in [-0.15, -0.1) is 0 Å². The third-order valence-electron chi connectivity index (χ3n) is 5.67. The Kier molecular flexibility index (Phi) is 5.77. The van der Waals surface area contributed by atoms with Crippen LogP contribution in [-0.2, 0) is 0 Å². The van der Waals surface area contributed by atoms with Gasteiger partial charge in [0.05, 0.1) is 23.1 Å². The second kappa shape index (κ2) is 8.48. The van der Waals surface area contributed by atoms with Gasteiger partial charge in [0.25, 0.3) is 5.91 Å². The van der Waals surface area contributed by atoms with E-state index in [0.717, 1.165) is 41.6 Å². The number of amides is 1. The standard InChI is InChI=1S/C23H24ClFN4O/c1-15-3-4-18(24)11-22(15)28-10-9-17(14-28)12-26-23(30)21-13-27-29(16(21)2)20-7-5-19(25)6-8-20/h3-8,11,13,17H,9-10,12,14H2,1-2H3,(H,26,30). The fourth-order valence-corrected chi connectivity index (χ4v) is 4.12. The summed E-state index contributed by atoms with van der Waals surface area (Å²) in [5, 5.41) is 8.08. The van der Waals surface area contributed by atoms with E-state index in [0.29, 0.717) is 18.0 Å². The summed E-state index contributed by atoms with van der Waals surface area (Å²) in [6, 6.07) is 12.0. The van der Waals surface area contributed by atoms with E-state index >= 15 is 0 Å². The molecular formula is C23H24ClFN4O. The Labute approximate surface area is 180 Å². The van der Waals surface area contributed by atoms with Crippen molar-refractivity contribution in [1.29, 1.82) is 0 Å². The van der Waals surface area contributed by atoms with Crippen LogP contribution in [0.4, 0.5) is 10.1 Å². The molecule has 1 aliphatic rings. The van der Waals surface area contributed by atoms with Crippen molar-refractivity contribution in [2.45, 2.75) is 20.3 Å². The predicted molar refractivity (Wildman–Crippen MR) is 117 cm³/mol. The molecule has 2 aromatic carbocycles. The first-order valence-electron chi connectivity index (χ1n) is 10.0. The molecule has 1 unspecified atom stereocenters. The molecule has 0 aliphatic carbocycles. The molecule has 0 saturated carbocycles. The maximum absolute atomic E-state index is 13.2. The van der Waals surface area contributed by atoms with Crippen LogP contribution < -0.4 is 10.2 Å². The third-order valence-corrected chi connectivity index (χ3v) is 5.91. The molecule has 7 heteroatoms. The minimum absolute atomic E-state index is 0.141. The number of aryl methyl sites for hydroxylation is 1. The number of anilines is 1. The molecule has 0 radical (unpaired) electrons. The Bertz CT molecular complexity index is 1060. The Morgan fingerprint density at radius 3 is 2.77 bits per heavy atom. The molecule has 1 aromatic heterocycles. The Morgan fingerprint density at radius 1 is 1.23 bits per heavy atom. The maximum Gasteiger partial charge on any atom is 0.254 e. The summed E-state index contributed by atoms with van der Waals surface area (Å²) in [4.78, 5) is 15.0. The van der Waals surface area contributed by atoms with Gasteiger partial charge in [0.2, 0.25) is 0 Å².